The minimum atomic E-state index is 0.112. The average Bonchev–Trinajstić information content (AvgIpc) is 3.35. The molecule has 4 nitrogen and oxygen atoms in total. The molecule has 3 aliphatic heterocycles. The van der Waals surface area contributed by atoms with Gasteiger partial charge in [0.1, 0.15) is 0 Å². The molecule has 3 aliphatic rings. The molecule has 31 heavy (non-hydrogen) atoms. The van der Waals surface area contributed by atoms with Gasteiger partial charge in [-0.15, -0.1) is 6.58 Å². The highest BCUT2D eigenvalue weighted by Gasteiger charge is 2.43. The average molecular weight is 430 g/mol. The first-order chi connectivity index (χ1) is 15.2. The van der Waals surface area contributed by atoms with E-state index in [9.17, 15) is 0 Å². The van der Waals surface area contributed by atoms with E-state index in [0.717, 1.165) is 31.6 Å². The highest BCUT2D eigenvalue weighted by molar-refractivity contribution is 7.80. The molecule has 3 aromatic rings. The highest BCUT2D eigenvalue weighted by atomic mass is 32.1. The number of fused-ring (bicyclic) bond motifs is 4. The van der Waals surface area contributed by atoms with Crippen LogP contribution in [-0.2, 0) is 6.54 Å². The predicted molar refractivity (Wildman–Crippen MR) is 131 cm³/mol. The van der Waals surface area contributed by atoms with E-state index in [1.165, 1.54) is 22.9 Å². The minimum Gasteiger partial charge on any atom is -0.371 e. The van der Waals surface area contributed by atoms with Crippen molar-refractivity contribution in [1.82, 2.24) is 20.5 Å². The number of pyridine rings is 1. The summed E-state index contributed by atoms with van der Waals surface area (Å²) in [7, 11) is 0. The summed E-state index contributed by atoms with van der Waals surface area (Å²) >= 11 is 5.75. The van der Waals surface area contributed by atoms with Crippen LogP contribution >= 0.6 is 12.2 Å². The van der Waals surface area contributed by atoms with Gasteiger partial charge in [0.25, 0.3) is 0 Å². The summed E-state index contributed by atoms with van der Waals surface area (Å²) < 4.78 is 0. The zero-order valence-electron chi connectivity index (χ0n) is 17.7. The first kappa shape index (κ1) is 20.3. The number of para-hydroxylation sites is 1. The molecule has 0 radical (unpaired) electrons. The zero-order chi connectivity index (χ0) is 21.2. The van der Waals surface area contributed by atoms with Crippen LogP contribution in [-0.4, -0.2) is 34.1 Å². The van der Waals surface area contributed by atoms with Crippen LogP contribution in [0.15, 0.2) is 73.4 Å². The molecule has 5 atom stereocenters. The maximum atomic E-state index is 5.75. The van der Waals surface area contributed by atoms with Crippen molar-refractivity contribution in [3.63, 3.8) is 0 Å². The van der Waals surface area contributed by atoms with Crippen LogP contribution in [0.3, 0.4) is 0 Å². The molecular formula is C26H29N4S-. The first-order valence-corrected chi connectivity index (χ1v) is 11.6. The Morgan fingerprint density at radius 2 is 2.23 bits per heavy atom. The summed E-state index contributed by atoms with van der Waals surface area (Å²) in [4.78, 5) is 7.23. The smallest absolute Gasteiger partial charge is 0.166 e. The molecule has 2 bridgehead atoms. The van der Waals surface area contributed by atoms with Crippen molar-refractivity contribution in [2.24, 2.45) is 11.8 Å². The summed E-state index contributed by atoms with van der Waals surface area (Å²) in [5.74, 6) is 1.30. The van der Waals surface area contributed by atoms with Crippen LogP contribution in [0.1, 0.15) is 30.0 Å². The Morgan fingerprint density at radius 1 is 1.32 bits per heavy atom. The number of nitrogens with one attached hydrogen (secondary N) is 2. The molecule has 0 amide bonds. The van der Waals surface area contributed by atoms with Crippen molar-refractivity contribution in [2.45, 2.75) is 31.5 Å². The monoisotopic (exact) mass is 429 g/mol. The molecular weight excluding hydrogens is 400 g/mol. The summed E-state index contributed by atoms with van der Waals surface area (Å²) in [6.07, 6.45) is 6.51. The number of thiocarbonyl (C=S) groups is 1. The van der Waals surface area contributed by atoms with Crippen LogP contribution in [0.2, 0.25) is 0 Å². The maximum absolute atomic E-state index is 5.75. The molecule has 5 heteroatoms. The van der Waals surface area contributed by atoms with Crippen molar-refractivity contribution in [2.75, 3.05) is 13.1 Å². The summed E-state index contributed by atoms with van der Waals surface area (Å²) in [6, 6.07) is 19.4. The molecule has 4 heterocycles. The van der Waals surface area contributed by atoms with Crippen LogP contribution in [0.4, 0.5) is 0 Å². The van der Waals surface area contributed by atoms with Gasteiger partial charge < -0.3 is 10.6 Å². The van der Waals surface area contributed by atoms with E-state index in [2.05, 4.69) is 81.7 Å². The van der Waals surface area contributed by atoms with E-state index in [1.54, 1.807) is 0 Å². The van der Waals surface area contributed by atoms with E-state index in [-0.39, 0.29) is 6.04 Å². The van der Waals surface area contributed by atoms with Crippen molar-refractivity contribution in [1.29, 1.82) is 0 Å². The third-order valence-corrected chi connectivity index (χ3v) is 7.29. The molecule has 2 N–H and O–H groups in total. The van der Waals surface area contributed by atoms with Crippen LogP contribution in [0, 0.1) is 11.8 Å². The zero-order valence-corrected chi connectivity index (χ0v) is 18.5. The van der Waals surface area contributed by atoms with Gasteiger partial charge in [-0.1, -0.05) is 24.3 Å². The van der Waals surface area contributed by atoms with Gasteiger partial charge in [0.05, 0.1) is 11.6 Å². The topological polar surface area (TPSA) is 40.2 Å². The fraction of sp³-hybridized carbons (Fsp3) is 0.346. The first-order valence-electron chi connectivity index (χ1n) is 11.2. The van der Waals surface area contributed by atoms with Crippen LogP contribution in [0.25, 0.3) is 10.9 Å². The number of aromatic nitrogens is 1. The number of rotatable bonds is 6. The van der Waals surface area contributed by atoms with Crippen molar-refractivity contribution in [3.05, 3.63) is 84.6 Å². The van der Waals surface area contributed by atoms with Crippen LogP contribution in [0.5, 0.6) is 0 Å². The van der Waals surface area contributed by atoms with Gasteiger partial charge in [0, 0.05) is 24.2 Å². The maximum Gasteiger partial charge on any atom is 0.166 e. The van der Waals surface area contributed by atoms with E-state index in [0.29, 0.717) is 23.0 Å². The molecule has 4 unspecified atom stereocenters. The molecule has 1 aromatic heterocycles. The second-order valence-electron chi connectivity index (χ2n) is 8.76. The second kappa shape index (κ2) is 8.85. The summed E-state index contributed by atoms with van der Waals surface area (Å²) in [5.41, 5.74) is 3.54. The Morgan fingerprint density at radius 3 is 3.00 bits per heavy atom. The Hall–Kier alpha value is -2.63. The third-order valence-electron chi connectivity index (χ3n) is 7.03. The molecule has 0 saturated carbocycles. The van der Waals surface area contributed by atoms with Crippen molar-refractivity contribution in [3.8, 4) is 0 Å². The lowest BCUT2D eigenvalue weighted by molar-refractivity contribution is 0.00429. The van der Waals surface area contributed by atoms with Crippen molar-refractivity contribution < 1.29 is 0 Å². The van der Waals surface area contributed by atoms with Gasteiger partial charge in [-0.25, -0.2) is 6.07 Å². The van der Waals surface area contributed by atoms with E-state index >= 15 is 0 Å². The number of nitrogens with zero attached hydrogens (tertiary/aromatic N) is 2. The molecule has 0 spiro atoms. The fourth-order valence-electron chi connectivity index (χ4n) is 5.40. The van der Waals surface area contributed by atoms with Crippen molar-refractivity contribution >= 4 is 28.2 Å². The SMILES string of the molecule is C=CC1CN2CCC1CC2[C@H](NC(=S)NCc1cc[cH-]c1)c1ccnc2ccccc12. The lowest BCUT2D eigenvalue weighted by Crippen LogP contribution is -2.58. The van der Waals surface area contributed by atoms with Gasteiger partial charge in [-0.2, -0.15) is 23.8 Å². The minimum absolute atomic E-state index is 0.112. The third kappa shape index (κ3) is 4.12. The molecule has 2 aromatic carbocycles. The largest absolute Gasteiger partial charge is 0.371 e. The quantitative estimate of drug-likeness (QED) is 0.342. The lowest BCUT2D eigenvalue weighted by atomic mass is 9.73. The Kier molecular flexibility index (Phi) is 5.79. The Labute approximate surface area is 189 Å². The Balaban J connectivity index is 1.44. The number of hydrogen-bond acceptors (Lipinski definition) is 3. The molecule has 3 fully saturated rings. The van der Waals surface area contributed by atoms with Gasteiger partial charge in [0.15, 0.2) is 5.11 Å². The number of benzene rings is 1. The Bertz CT molecular complexity index is 1050. The fourth-order valence-corrected chi connectivity index (χ4v) is 5.60. The van der Waals surface area contributed by atoms with Gasteiger partial charge in [-0.05, 0) is 67.7 Å². The normalized spacial score (nSPS) is 25.8. The van der Waals surface area contributed by atoms with Gasteiger partial charge >= 0.3 is 0 Å². The summed E-state index contributed by atoms with van der Waals surface area (Å²) in [5, 5.41) is 9.01. The predicted octanol–water partition coefficient (Wildman–Crippen LogP) is 4.56. The van der Waals surface area contributed by atoms with E-state index < -0.39 is 0 Å². The lowest BCUT2D eigenvalue weighted by Gasteiger charge is -2.52. The van der Waals surface area contributed by atoms with Gasteiger partial charge in [-0.3, -0.25) is 9.88 Å². The molecule has 0 aliphatic carbocycles. The highest BCUT2D eigenvalue weighted by Crippen LogP contribution is 2.42. The van der Waals surface area contributed by atoms with Gasteiger partial charge in [0.2, 0.25) is 0 Å². The molecule has 160 valence electrons. The van der Waals surface area contributed by atoms with E-state index in [1.807, 2.05) is 12.3 Å². The molecule has 6 rings (SSSR count). The summed E-state index contributed by atoms with van der Waals surface area (Å²) in [6.45, 7) is 7.06. The van der Waals surface area contributed by atoms with E-state index in [4.69, 9.17) is 12.2 Å². The second-order valence-corrected chi connectivity index (χ2v) is 9.17. The molecule has 3 saturated heterocycles. The number of piperidine rings is 3. The standard InChI is InChI=1S/C26H29N4S/c1-2-19-17-30-14-12-20(19)15-24(30)25(29-26(31)28-16-18-7-3-4-8-18)22-11-13-27-23-10-6-5-9-21(22)23/h2-11,13,19-20,24-25H,1,12,14-17H2,(H2,28,29,31)/q-1/t19?,20?,24?,25-/m1/s1. The van der Waals surface area contributed by atoms with Crippen LogP contribution < -0.4 is 10.6 Å². The number of hydrogen-bond donors (Lipinski definition) is 2.